The van der Waals surface area contributed by atoms with E-state index in [2.05, 4.69) is 20.8 Å². The topological polar surface area (TPSA) is 0 Å². The van der Waals surface area contributed by atoms with E-state index in [1.54, 1.807) is 0 Å². The molecule has 0 aliphatic heterocycles. The first kappa shape index (κ1) is 13.6. The molecule has 1 heteroatoms. The summed E-state index contributed by atoms with van der Waals surface area (Å²) in [6.45, 7) is 6.88. The number of unbranched alkanes of at least 4 members (excludes halogenated alkanes) is 2. The Morgan fingerprint density at radius 2 is 1.80 bits per heavy atom. The van der Waals surface area contributed by atoms with Crippen LogP contribution >= 0.6 is 0 Å². The molecule has 0 amide bonds. The van der Waals surface area contributed by atoms with Crippen molar-refractivity contribution in [3.8, 4) is 0 Å². The zero-order valence-electron chi connectivity index (χ0n) is 9.11. The molecule has 0 heterocycles. The van der Waals surface area contributed by atoms with E-state index in [-0.39, 0.29) is 31.0 Å². The fraction of sp³-hybridized carbons (Fsp3) is 1.00. The number of hydrogen-bond donors (Lipinski definition) is 0. The molecule has 0 aliphatic rings. The first-order valence-corrected chi connectivity index (χ1v) is 4.31. The second kappa shape index (κ2) is 10.0. The molecule has 58 valence electrons. The third kappa shape index (κ3) is 9.00. The summed E-state index contributed by atoms with van der Waals surface area (Å²) in [6.07, 6.45) is 7.00. The van der Waals surface area contributed by atoms with Crippen LogP contribution in [-0.2, 0) is 0 Å². The minimum absolute atomic E-state index is 0. The van der Waals surface area contributed by atoms with E-state index in [4.69, 9.17) is 0 Å². The first-order chi connectivity index (χ1) is 4.31. The van der Waals surface area contributed by atoms with Gasteiger partial charge in [0.2, 0.25) is 0 Å². The van der Waals surface area contributed by atoms with Crippen molar-refractivity contribution in [2.75, 3.05) is 0 Å². The minimum atomic E-state index is 0. The van der Waals surface area contributed by atoms with Crippen LogP contribution in [0, 0.1) is 5.92 Å². The van der Waals surface area contributed by atoms with Crippen molar-refractivity contribution in [2.24, 2.45) is 5.92 Å². The molecule has 0 aliphatic carbocycles. The molecule has 0 bridgehead atoms. The molecule has 1 atom stereocenters. The smallest absolute Gasteiger partial charge is 1.00 e. The average Bonchev–Trinajstić information content (AvgIpc) is 1.89. The predicted molar refractivity (Wildman–Crippen MR) is 44.7 cm³/mol. The predicted octanol–water partition coefficient (Wildman–Crippen LogP) is 0.729. The van der Waals surface area contributed by atoms with Gasteiger partial charge in [-0.15, -0.1) is 0 Å². The molecule has 10 heavy (non-hydrogen) atoms. The Hall–Kier alpha value is 1.00. The summed E-state index contributed by atoms with van der Waals surface area (Å²) in [5.74, 6) is 0.955. The molecule has 0 aromatic carbocycles. The van der Waals surface area contributed by atoms with E-state index >= 15 is 0 Å². The van der Waals surface area contributed by atoms with Gasteiger partial charge in [0, 0.05) is 0 Å². The van der Waals surface area contributed by atoms with Crippen LogP contribution in [0.4, 0.5) is 0 Å². The molecule has 0 spiro atoms. The van der Waals surface area contributed by atoms with Crippen molar-refractivity contribution in [3.63, 3.8) is 0 Å². The Morgan fingerprint density at radius 3 is 2.20 bits per heavy atom. The molecule has 0 aromatic rings. The maximum absolute atomic E-state index is 2.34. The van der Waals surface area contributed by atoms with Crippen LogP contribution < -0.4 is 29.6 Å². The van der Waals surface area contributed by atoms with Gasteiger partial charge in [-0.05, 0) is 5.92 Å². The Bertz CT molecular complexity index is 57.5. The van der Waals surface area contributed by atoms with Crippen molar-refractivity contribution in [2.45, 2.75) is 52.9 Å². The summed E-state index contributed by atoms with van der Waals surface area (Å²) in [4.78, 5) is 0. The molecule has 0 nitrogen and oxygen atoms in total. The second-order valence-corrected chi connectivity index (χ2v) is 3.01. The zero-order valence-corrected chi connectivity index (χ0v) is 10.1. The van der Waals surface area contributed by atoms with Crippen molar-refractivity contribution < 1.29 is 31.0 Å². The number of hydrogen-bond acceptors (Lipinski definition) is 0. The normalized spacial score (nSPS) is 12.3. The van der Waals surface area contributed by atoms with Crippen LogP contribution in [0.15, 0.2) is 0 Å². The molecule has 1 unspecified atom stereocenters. The molecule has 0 saturated heterocycles. The molecule has 0 fully saturated rings. The standard InChI is InChI=1S/C9H20.Na.H/c1-4-6-7-8-9(3)5-2;;/h9H,4-8H2,1-3H3;;/q;+1;-1. The second-order valence-electron chi connectivity index (χ2n) is 3.01. The summed E-state index contributed by atoms with van der Waals surface area (Å²) in [5.41, 5.74) is 0. The average molecular weight is 152 g/mol. The monoisotopic (exact) mass is 152 g/mol. The van der Waals surface area contributed by atoms with Gasteiger partial charge in [0.1, 0.15) is 0 Å². The molecular weight excluding hydrogens is 131 g/mol. The largest absolute Gasteiger partial charge is 1.00 e. The fourth-order valence-corrected chi connectivity index (χ4v) is 0.947. The van der Waals surface area contributed by atoms with E-state index in [0.29, 0.717) is 0 Å². The van der Waals surface area contributed by atoms with E-state index in [0.717, 1.165) is 5.92 Å². The fourth-order valence-electron chi connectivity index (χ4n) is 0.947. The van der Waals surface area contributed by atoms with Gasteiger partial charge < -0.3 is 1.43 Å². The van der Waals surface area contributed by atoms with Gasteiger partial charge in [-0.2, -0.15) is 0 Å². The van der Waals surface area contributed by atoms with Gasteiger partial charge >= 0.3 is 29.6 Å². The Balaban J connectivity index is -0.000000320. The van der Waals surface area contributed by atoms with Crippen LogP contribution in [-0.4, -0.2) is 0 Å². The van der Waals surface area contributed by atoms with Crippen molar-refractivity contribution in [3.05, 3.63) is 0 Å². The summed E-state index contributed by atoms with van der Waals surface area (Å²) >= 11 is 0. The van der Waals surface area contributed by atoms with Gasteiger partial charge in [-0.25, -0.2) is 0 Å². The maximum Gasteiger partial charge on any atom is 1.00 e. The maximum atomic E-state index is 2.34. The van der Waals surface area contributed by atoms with Gasteiger partial charge in [0.05, 0.1) is 0 Å². The molecule has 0 saturated carbocycles. The Labute approximate surface area is 89.6 Å². The summed E-state index contributed by atoms with van der Waals surface area (Å²) in [6, 6.07) is 0. The van der Waals surface area contributed by atoms with Crippen LogP contribution in [0.25, 0.3) is 0 Å². The van der Waals surface area contributed by atoms with Crippen LogP contribution in [0.3, 0.4) is 0 Å². The molecule has 0 radical (unpaired) electrons. The quantitative estimate of drug-likeness (QED) is 0.402. The summed E-state index contributed by atoms with van der Waals surface area (Å²) in [7, 11) is 0. The minimum Gasteiger partial charge on any atom is -1.00 e. The summed E-state index contributed by atoms with van der Waals surface area (Å²) < 4.78 is 0. The molecular formula is C9H21Na. The van der Waals surface area contributed by atoms with Gasteiger partial charge in [-0.1, -0.05) is 52.9 Å². The summed E-state index contributed by atoms with van der Waals surface area (Å²) in [5, 5.41) is 0. The van der Waals surface area contributed by atoms with Crippen molar-refractivity contribution >= 4 is 0 Å². The van der Waals surface area contributed by atoms with E-state index < -0.39 is 0 Å². The first-order valence-electron chi connectivity index (χ1n) is 4.31. The molecule has 0 aromatic heterocycles. The zero-order chi connectivity index (χ0) is 7.11. The number of rotatable bonds is 5. The van der Waals surface area contributed by atoms with E-state index in [1.165, 1.54) is 32.1 Å². The SMILES string of the molecule is CCCCCC(C)CC.[H-].[Na+]. The van der Waals surface area contributed by atoms with Crippen LogP contribution in [0.5, 0.6) is 0 Å². The third-order valence-corrected chi connectivity index (χ3v) is 2.00. The van der Waals surface area contributed by atoms with Crippen LogP contribution in [0.1, 0.15) is 54.3 Å². The van der Waals surface area contributed by atoms with Gasteiger partial charge in [0.25, 0.3) is 0 Å². The van der Waals surface area contributed by atoms with E-state index in [1.807, 2.05) is 0 Å². The van der Waals surface area contributed by atoms with Crippen molar-refractivity contribution in [1.82, 2.24) is 0 Å². The van der Waals surface area contributed by atoms with Gasteiger partial charge in [-0.3, -0.25) is 0 Å². The van der Waals surface area contributed by atoms with Crippen LogP contribution in [0.2, 0.25) is 0 Å². The molecule has 0 N–H and O–H groups in total. The molecule has 0 rings (SSSR count). The van der Waals surface area contributed by atoms with Gasteiger partial charge in [0.15, 0.2) is 0 Å². The third-order valence-electron chi connectivity index (χ3n) is 2.00. The Morgan fingerprint density at radius 1 is 1.20 bits per heavy atom. The van der Waals surface area contributed by atoms with Crippen molar-refractivity contribution in [1.29, 1.82) is 0 Å². The van der Waals surface area contributed by atoms with E-state index in [9.17, 15) is 0 Å². The Kier molecular flexibility index (Phi) is 13.6.